The van der Waals surface area contributed by atoms with Crippen LogP contribution in [-0.2, 0) is 6.54 Å². The molecule has 0 saturated carbocycles. The molecule has 0 radical (unpaired) electrons. The fraction of sp³-hybridized carbons (Fsp3) is 0.300. The van der Waals surface area contributed by atoms with Crippen LogP contribution in [0.25, 0.3) is 17.0 Å². The molecular weight excluding hydrogens is 314 g/mol. The second-order valence-electron chi connectivity index (χ2n) is 6.55. The van der Waals surface area contributed by atoms with E-state index in [1.54, 1.807) is 0 Å². The van der Waals surface area contributed by atoms with Gasteiger partial charge in [0.05, 0.1) is 18.7 Å². The highest BCUT2D eigenvalue weighted by Crippen LogP contribution is 2.25. The molecule has 3 heterocycles. The van der Waals surface area contributed by atoms with Gasteiger partial charge < -0.3 is 13.7 Å². The average molecular weight is 336 g/mol. The summed E-state index contributed by atoms with van der Waals surface area (Å²) in [6.45, 7) is 6.63. The van der Waals surface area contributed by atoms with Gasteiger partial charge in [0.25, 0.3) is 11.8 Å². The van der Waals surface area contributed by atoms with Gasteiger partial charge in [0.15, 0.2) is 6.54 Å². The Morgan fingerprint density at radius 3 is 2.60 bits per heavy atom. The van der Waals surface area contributed by atoms with E-state index in [2.05, 4.69) is 46.6 Å². The lowest BCUT2D eigenvalue weighted by Gasteiger charge is -2.22. The monoisotopic (exact) mass is 336 g/mol. The Kier molecular flexibility index (Phi) is 4.24. The second-order valence-corrected chi connectivity index (χ2v) is 6.55. The maximum absolute atomic E-state index is 5.85. The van der Waals surface area contributed by atoms with Crippen LogP contribution in [0.1, 0.15) is 29.4 Å². The van der Waals surface area contributed by atoms with Crippen LogP contribution in [0.3, 0.4) is 0 Å². The lowest BCUT2D eigenvalue weighted by molar-refractivity contribution is -0.910. The van der Waals surface area contributed by atoms with Crippen LogP contribution in [0, 0.1) is 13.8 Å². The van der Waals surface area contributed by atoms with Crippen molar-refractivity contribution in [2.45, 2.75) is 26.8 Å². The van der Waals surface area contributed by atoms with E-state index in [1.165, 1.54) is 16.0 Å². The Balaban J connectivity index is 1.42. The van der Waals surface area contributed by atoms with Crippen LogP contribution in [0.4, 0.5) is 0 Å². The van der Waals surface area contributed by atoms with E-state index in [9.17, 15) is 0 Å². The predicted octanol–water partition coefficient (Wildman–Crippen LogP) is 2.82. The number of nitrogens with one attached hydrogen (secondary N) is 1. The number of nitrogens with zero attached hydrogens (tertiary/aromatic N) is 2. The third-order valence-corrected chi connectivity index (χ3v) is 4.67. The van der Waals surface area contributed by atoms with E-state index in [-0.39, 0.29) is 0 Å². The van der Waals surface area contributed by atoms with Crippen molar-refractivity contribution < 1.29 is 13.7 Å². The van der Waals surface area contributed by atoms with E-state index in [4.69, 9.17) is 8.83 Å². The zero-order chi connectivity index (χ0) is 17.2. The molecule has 1 aliphatic rings. The van der Waals surface area contributed by atoms with Crippen molar-refractivity contribution in [3.05, 3.63) is 65.4 Å². The first-order valence-electron chi connectivity index (χ1n) is 8.67. The van der Waals surface area contributed by atoms with Gasteiger partial charge in [-0.05, 0) is 37.1 Å². The predicted molar refractivity (Wildman–Crippen MR) is 94.9 cm³/mol. The maximum atomic E-state index is 5.85. The van der Waals surface area contributed by atoms with E-state index in [1.807, 2.05) is 19.9 Å². The normalized spacial score (nSPS) is 17.5. The lowest BCUT2D eigenvalue weighted by Crippen LogP contribution is -3.11. The minimum absolute atomic E-state index is 0.543. The number of aromatic nitrogens is 2. The molecular formula is C20H22N3O2+. The number of hydrogen-bond donors (Lipinski definition) is 1. The van der Waals surface area contributed by atoms with Crippen LogP contribution in [0.5, 0.6) is 0 Å². The molecule has 2 aromatic heterocycles. The fourth-order valence-corrected chi connectivity index (χ4v) is 3.35. The Labute approximate surface area is 147 Å². The van der Waals surface area contributed by atoms with Crippen molar-refractivity contribution in [3.63, 3.8) is 0 Å². The van der Waals surface area contributed by atoms with Crippen LogP contribution in [-0.4, -0.2) is 23.3 Å². The lowest BCUT2D eigenvalue weighted by atomic mass is 10.00. The van der Waals surface area contributed by atoms with Gasteiger partial charge in [-0.2, -0.15) is 0 Å². The third kappa shape index (κ3) is 3.42. The van der Waals surface area contributed by atoms with Crippen molar-refractivity contribution in [1.82, 2.24) is 10.2 Å². The van der Waals surface area contributed by atoms with Crippen molar-refractivity contribution >= 4 is 5.57 Å². The Morgan fingerprint density at radius 1 is 1.08 bits per heavy atom. The summed E-state index contributed by atoms with van der Waals surface area (Å²) >= 11 is 0. The molecule has 128 valence electrons. The van der Waals surface area contributed by atoms with Crippen molar-refractivity contribution in [2.75, 3.05) is 13.1 Å². The summed E-state index contributed by atoms with van der Waals surface area (Å²) in [6.07, 6.45) is 3.40. The van der Waals surface area contributed by atoms with Gasteiger partial charge >= 0.3 is 0 Å². The number of quaternary nitrogens is 1. The van der Waals surface area contributed by atoms with Crippen molar-refractivity contribution in [1.29, 1.82) is 0 Å². The summed E-state index contributed by atoms with van der Waals surface area (Å²) in [5, 5.41) is 8.40. The zero-order valence-corrected chi connectivity index (χ0v) is 14.6. The highest BCUT2D eigenvalue weighted by molar-refractivity contribution is 5.65. The molecule has 5 nitrogen and oxygen atoms in total. The molecule has 1 atom stereocenters. The molecule has 4 rings (SSSR count). The molecule has 0 amide bonds. The van der Waals surface area contributed by atoms with E-state index < -0.39 is 0 Å². The van der Waals surface area contributed by atoms with E-state index in [0.717, 1.165) is 43.1 Å². The number of rotatable bonds is 4. The smallest absolute Gasteiger partial charge is 0.271 e. The van der Waals surface area contributed by atoms with Gasteiger partial charge in [0.1, 0.15) is 11.5 Å². The van der Waals surface area contributed by atoms with Gasteiger partial charge in [-0.25, -0.2) is 0 Å². The first kappa shape index (κ1) is 15.8. The summed E-state index contributed by atoms with van der Waals surface area (Å²) in [4.78, 5) is 1.44. The summed E-state index contributed by atoms with van der Waals surface area (Å²) in [5.74, 6) is 2.89. The molecule has 3 aromatic rings. The zero-order valence-electron chi connectivity index (χ0n) is 14.6. The molecule has 0 spiro atoms. The van der Waals surface area contributed by atoms with Gasteiger partial charge in [-0.3, -0.25) is 0 Å². The first-order chi connectivity index (χ1) is 12.2. The van der Waals surface area contributed by atoms with Gasteiger partial charge in [0, 0.05) is 6.42 Å². The largest absolute Gasteiger partial charge is 0.466 e. The van der Waals surface area contributed by atoms with E-state index >= 15 is 0 Å². The quantitative estimate of drug-likeness (QED) is 0.796. The minimum Gasteiger partial charge on any atom is -0.466 e. The SMILES string of the molecule is Cc1cc(-c2nnc(C[NH+]3CC=C(c4ccccc4)CC3)o2)c(C)o1. The first-order valence-corrected chi connectivity index (χ1v) is 8.67. The van der Waals surface area contributed by atoms with Gasteiger partial charge in [0.2, 0.25) is 0 Å². The summed E-state index contributed by atoms with van der Waals surface area (Å²) in [6, 6.07) is 12.5. The highest BCUT2D eigenvalue weighted by atomic mass is 16.4. The van der Waals surface area contributed by atoms with Crippen LogP contribution >= 0.6 is 0 Å². The molecule has 1 aliphatic heterocycles. The number of benzene rings is 1. The standard InChI is InChI=1S/C20H21N3O2/c1-14-12-18(15(2)24-14)20-22-21-19(25-20)13-23-10-8-17(9-11-23)16-6-4-3-5-7-16/h3-8,12H,9-11,13H2,1-2H3/p+1. The molecule has 0 fully saturated rings. The molecule has 0 saturated heterocycles. The van der Waals surface area contributed by atoms with Gasteiger partial charge in [-0.15, -0.1) is 10.2 Å². The topological polar surface area (TPSA) is 56.5 Å². The van der Waals surface area contributed by atoms with Crippen LogP contribution in [0.2, 0.25) is 0 Å². The van der Waals surface area contributed by atoms with Crippen molar-refractivity contribution in [2.24, 2.45) is 0 Å². The Hall–Kier alpha value is -2.66. The van der Waals surface area contributed by atoms with Gasteiger partial charge in [-0.1, -0.05) is 30.3 Å². The number of aryl methyl sites for hydroxylation is 2. The number of furan rings is 1. The molecule has 5 heteroatoms. The van der Waals surface area contributed by atoms with E-state index in [0.29, 0.717) is 11.8 Å². The molecule has 1 N–H and O–H groups in total. The number of hydrogen-bond acceptors (Lipinski definition) is 4. The molecule has 0 bridgehead atoms. The van der Waals surface area contributed by atoms with Crippen molar-refractivity contribution in [3.8, 4) is 11.5 Å². The molecule has 25 heavy (non-hydrogen) atoms. The van der Waals surface area contributed by atoms with Crippen LogP contribution < -0.4 is 4.90 Å². The minimum atomic E-state index is 0.543. The second kappa shape index (κ2) is 6.69. The van der Waals surface area contributed by atoms with Crippen LogP contribution in [0.15, 0.2) is 51.3 Å². The highest BCUT2D eigenvalue weighted by Gasteiger charge is 2.20. The Morgan fingerprint density at radius 2 is 1.92 bits per heavy atom. The summed E-state index contributed by atoms with van der Waals surface area (Å²) in [5.41, 5.74) is 3.64. The molecule has 1 unspecified atom stereocenters. The fourth-order valence-electron chi connectivity index (χ4n) is 3.35. The summed E-state index contributed by atoms with van der Waals surface area (Å²) in [7, 11) is 0. The molecule has 0 aliphatic carbocycles. The third-order valence-electron chi connectivity index (χ3n) is 4.67. The average Bonchev–Trinajstić information content (AvgIpc) is 3.22. The summed E-state index contributed by atoms with van der Waals surface area (Å²) < 4.78 is 11.4. The Bertz CT molecular complexity index is 893. The molecule has 1 aromatic carbocycles. The maximum Gasteiger partial charge on any atom is 0.271 e.